The Kier molecular flexibility index (Phi) is 9.36. The number of amides is 2. The first-order chi connectivity index (χ1) is 20.9. The molecule has 2 aromatic carbocycles. The standard InChI is InChI=1S/C33H39F2N5O3S/c1-20(33(2,3)4)40(32(42)43)26(17-21-9-6-5-7-10-21)22-12-13-25-24(18-22)37-31(39(25)19-23-11-8-16-36-23)38-30(41)28-15-14-27(44-28)29(34)35/h5-7,9-10,12-15,18,20,23,26,29,36H,8,11,16-17,19H2,1-4H3,(H,42,43)(H,37,38,41)/t20-,23?,26?/m0/s1. The molecule has 5 rings (SSSR count). The molecular formula is C33H39F2N5O3S. The van der Waals surface area contributed by atoms with Gasteiger partial charge in [-0.15, -0.1) is 11.3 Å². The van der Waals surface area contributed by atoms with Crippen molar-refractivity contribution in [3.63, 3.8) is 0 Å². The Hall–Kier alpha value is -3.83. The maximum absolute atomic E-state index is 13.2. The van der Waals surface area contributed by atoms with Crippen LogP contribution in [0.5, 0.6) is 0 Å². The minimum Gasteiger partial charge on any atom is -0.465 e. The molecule has 234 valence electrons. The van der Waals surface area contributed by atoms with Crippen LogP contribution in [0.3, 0.4) is 0 Å². The molecular weight excluding hydrogens is 584 g/mol. The van der Waals surface area contributed by atoms with E-state index in [4.69, 9.17) is 4.98 Å². The highest BCUT2D eigenvalue weighted by Crippen LogP contribution is 2.36. The summed E-state index contributed by atoms with van der Waals surface area (Å²) < 4.78 is 28.3. The van der Waals surface area contributed by atoms with Crippen molar-refractivity contribution in [3.8, 4) is 0 Å². The summed E-state index contributed by atoms with van der Waals surface area (Å²) in [6, 6.07) is 17.7. The molecule has 1 aliphatic rings. The number of hydrogen-bond acceptors (Lipinski definition) is 5. The van der Waals surface area contributed by atoms with E-state index in [1.807, 2.05) is 80.8 Å². The number of fused-ring (bicyclic) bond motifs is 1. The summed E-state index contributed by atoms with van der Waals surface area (Å²) in [5.74, 6) is -0.184. The molecule has 8 nitrogen and oxygen atoms in total. The highest BCUT2D eigenvalue weighted by Gasteiger charge is 2.36. The van der Waals surface area contributed by atoms with Gasteiger partial charge < -0.3 is 15.0 Å². The van der Waals surface area contributed by atoms with Gasteiger partial charge in [-0.25, -0.2) is 18.6 Å². The van der Waals surface area contributed by atoms with E-state index in [9.17, 15) is 23.5 Å². The number of carbonyl (C=O) groups excluding carboxylic acids is 1. The molecule has 0 spiro atoms. The van der Waals surface area contributed by atoms with Crippen molar-refractivity contribution in [2.24, 2.45) is 5.41 Å². The molecule has 3 N–H and O–H groups in total. The number of imidazole rings is 1. The molecule has 11 heteroatoms. The van der Waals surface area contributed by atoms with Crippen LogP contribution in [0.2, 0.25) is 0 Å². The molecule has 0 bridgehead atoms. The number of rotatable bonds is 10. The van der Waals surface area contributed by atoms with Crippen LogP contribution in [0.1, 0.15) is 78.7 Å². The maximum atomic E-state index is 13.2. The third-order valence-corrected chi connectivity index (χ3v) is 9.60. The van der Waals surface area contributed by atoms with Crippen molar-refractivity contribution in [1.82, 2.24) is 19.8 Å². The van der Waals surface area contributed by atoms with Crippen LogP contribution in [-0.2, 0) is 13.0 Å². The molecule has 2 aromatic heterocycles. The van der Waals surface area contributed by atoms with Crippen molar-refractivity contribution >= 4 is 40.3 Å². The summed E-state index contributed by atoms with van der Waals surface area (Å²) in [6.07, 6.45) is -1.15. The average Bonchev–Trinajstić information content (AvgIpc) is 3.74. The van der Waals surface area contributed by atoms with Crippen molar-refractivity contribution in [1.29, 1.82) is 0 Å². The van der Waals surface area contributed by atoms with E-state index < -0.39 is 24.5 Å². The van der Waals surface area contributed by atoms with Gasteiger partial charge in [-0.3, -0.25) is 15.0 Å². The summed E-state index contributed by atoms with van der Waals surface area (Å²) in [5, 5.41) is 16.8. The molecule has 0 radical (unpaired) electrons. The number of anilines is 1. The Morgan fingerprint density at radius 2 is 1.91 bits per heavy atom. The SMILES string of the molecule is C[C@H](N(C(=O)O)C(Cc1ccccc1)c1ccc2c(c1)nc(NC(=O)c1ccc(C(F)F)s1)n2CC1CCCN1)C(C)(C)C. The van der Waals surface area contributed by atoms with Crippen molar-refractivity contribution in [3.05, 3.63) is 81.5 Å². The Morgan fingerprint density at radius 1 is 1.16 bits per heavy atom. The maximum Gasteiger partial charge on any atom is 0.408 e. The molecule has 1 aliphatic heterocycles. The molecule has 3 atom stereocenters. The summed E-state index contributed by atoms with van der Waals surface area (Å²) in [5.41, 5.74) is 2.90. The number of carbonyl (C=O) groups is 2. The molecule has 0 saturated carbocycles. The zero-order valence-corrected chi connectivity index (χ0v) is 26.2. The monoisotopic (exact) mass is 623 g/mol. The Balaban J connectivity index is 1.56. The lowest BCUT2D eigenvalue weighted by atomic mass is 9.84. The number of hydrogen-bond donors (Lipinski definition) is 3. The normalized spacial score (nSPS) is 16.8. The second-order valence-electron chi connectivity index (χ2n) is 12.5. The van der Waals surface area contributed by atoms with Gasteiger partial charge in [-0.1, -0.05) is 57.2 Å². The molecule has 3 heterocycles. The molecule has 2 unspecified atom stereocenters. The molecule has 0 aliphatic carbocycles. The lowest BCUT2D eigenvalue weighted by molar-refractivity contribution is 0.0620. The predicted molar refractivity (Wildman–Crippen MR) is 170 cm³/mol. The van der Waals surface area contributed by atoms with Crippen molar-refractivity contribution in [2.45, 2.75) is 78.1 Å². The summed E-state index contributed by atoms with van der Waals surface area (Å²) >= 11 is 0.759. The largest absolute Gasteiger partial charge is 0.465 e. The van der Waals surface area contributed by atoms with E-state index in [-0.39, 0.29) is 27.3 Å². The van der Waals surface area contributed by atoms with Gasteiger partial charge in [0.15, 0.2) is 0 Å². The topological polar surface area (TPSA) is 99.5 Å². The van der Waals surface area contributed by atoms with Gasteiger partial charge in [0.2, 0.25) is 5.95 Å². The van der Waals surface area contributed by atoms with Gasteiger partial charge in [0, 0.05) is 18.6 Å². The van der Waals surface area contributed by atoms with E-state index in [1.165, 1.54) is 17.0 Å². The van der Waals surface area contributed by atoms with Crippen LogP contribution in [0.15, 0.2) is 60.7 Å². The summed E-state index contributed by atoms with van der Waals surface area (Å²) in [7, 11) is 0. The smallest absolute Gasteiger partial charge is 0.408 e. The van der Waals surface area contributed by atoms with E-state index >= 15 is 0 Å². The van der Waals surface area contributed by atoms with E-state index in [1.54, 1.807) is 0 Å². The fraction of sp³-hybridized carbons (Fsp3) is 0.424. The predicted octanol–water partition coefficient (Wildman–Crippen LogP) is 7.74. The molecule has 2 amide bonds. The molecule has 4 aromatic rings. The second-order valence-corrected chi connectivity index (χ2v) is 13.6. The van der Waals surface area contributed by atoms with Crippen LogP contribution in [0, 0.1) is 5.41 Å². The number of nitrogens with one attached hydrogen (secondary N) is 2. The van der Waals surface area contributed by atoms with Gasteiger partial charge in [-0.05, 0) is 73.5 Å². The third-order valence-electron chi connectivity index (χ3n) is 8.51. The zero-order chi connectivity index (χ0) is 31.6. The van der Waals surface area contributed by atoms with Gasteiger partial charge >= 0.3 is 6.09 Å². The van der Waals surface area contributed by atoms with E-state index in [0.717, 1.165) is 47.4 Å². The summed E-state index contributed by atoms with van der Waals surface area (Å²) in [6.45, 7) is 9.50. The Bertz CT molecular complexity index is 1610. The highest BCUT2D eigenvalue weighted by atomic mass is 32.1. The van der Waals surface area contributed by atoms with Crippen molar-refractivity contribution < 1.29 is 23.5 Å². The number of alkyl halides is 2. The second kappa shape index (κ2) is 13.0. The molecule has 44 heavy (non-hydrogen) atoms. The molecule has 1 fully saturated rings. The minimum absolute atomic E-state index is 0.166. The van der Waals surface area contributed by atoms with Gasteiger partial charge in [0.25, 0.3) is 12.3 Å². The van der Waals surface area contributed by atoms with Gasteiger partial charge in [0.05, 0.1) is 26.8 Å². The highest BCUT2D eigenvalue weighted by molar-refractivity contribution is 7.14. The fourth-order valence-electron chi connectivity index (χ4n) is 5.72. The molecule has 1 saturated heterocycles. The number of benzene rings is 2. The Morgan fingerprint density at radius 3 is 2.52 bits per heavy atom. The Labute approximate surface area is 260 Å². The van der Waals surface area contributed by atoms with Gasteiger partial charge in [-0.2, -0.15) is 0 Å². The zero-order valence-electron chi connectivity index (χ0n) is 25.4. The van der Waals surface area contributed by atoms with Crippen molar-refractivity contribution in [2.75, 3.05) is 11.9 Å². The number of aromatic nitrogens is 2. The summed E-state index contributed by atoms with van der Waals surface area (Å²) in [4.78, 5) is 32.3. The van der Waals surface area contributed by atoms with Crippen LogP contribution < -0.4 is 10.6 Å². The number of carboxylic acid groups (broad SMARTS) is 1. The van der Waals surface area contributed by atoms with Crippen LogP contribution >= 0.6 is 11.3 Å². The number of nitrogens with zero attached hydrogens (tertiary/aromatic N) is 3. The number of thiophene rings is 1. The number of halogens is 2. The third kappa shape index (κ3) is 6.94. The van der Waals surface area contributed by atoms with E-state index in [0.29, 0.717) is 24.4 Å². The lowest BCUT2D eigenvalue weighted by Gasteiger charge is -2.41. The van der Waals surface area contributed by atoms with Gasteiger partial charge in [0.1, 0.15) is 0 Å². The first kappa shape index (κ1) is 31.6. The lowest BCUT2D eigenvalue weighted by Crippen LogP contribution is -2.47. The van der Waals surface area contributed by atoms with Crippen LogP contribution in [0.4, 0.5) is 19.5 Å². The quantitative estimate of drug-likeness (QED) is 0.168. The van der Waals surface area contributed by atoms with Crippen LogP contribution in [-0.4, -0.2) is 50.2 Å². The first-order valence-electron chi connectivity index (χ1n) is 14.9. The minimum atomic E-state index is -2.65. The first-order valence-corrected chi connectivity index (χ1v) is 15.7. The van der Waals surface area contributed by atoms with Crippen LogP contribution in [0.25, 0.3) is 11.0 Å². The average molecular weight is 624 g/mol. The fourth-order valence-corrected chi connectivity index (χ4v) is 6.48. The van der Waals surface area contributed by atoms with E-state index in [2.05, 4.69) is 10.6 Å².